The Bertz CT molecular complexity index is 1240. The molecule has 0 amide bonds. The van der Waals surface area contributed by atoms with Gasteiger partial charge < -0.3 is 20.3 Å². The molecule has 0 bridgehead atoms. The topological polar surface area (TPSA) is 102 Å². The van der Waals surface area contributed by atoms with E-state index >= 15 is 0 Å². The van der Waals surface area contributed by atoms with Gasteiger partial charge in [0.15, 0.2) is 11.7 Å². The second-order valence-electron chi connectivity index (χ2n) is 8.70. The van der Waals surface area contributed by atoms with Gasteiger partial charge in [0, 0.05) is 18.1 Å². The SMILES string of the molecule is CCN(CC)Cc1cc(C(=O)OC(CO)C(=O)C(C)(OC)c2cccc3ccccc23)cc(Br)c1N. The zero-order chi connectivity index (χ0) is 26.5. The number of aliphatic hydroxyl groups excluding tert-OH is 1. The van der Waals surface area contributed by atoms with Crippen molar-refractivity contribution in [2.24, 2.45) is 0 Å². The van der Waals surface area contributed by atoms with Gasteiger partial charge >= 0.3 is 5.97 Å². The summed E-state index contributed by atoms with van der Waals surface area (Å²) in [5.41, 5.74) is 6.94. The molecule has 0 aliphatic carbocycles. The first-order chi connectivity index (χ1) is 17.2. The number of anilines is 1. The molecule has 0 radical (unpaired) electrons. The number of methoxy groups -OCH3 is 1. The molecule has 0 fully saturated rings. The van der Waals surface area contributed by atoms with Gasteiger partial charge in [-0.15, -0.1) is 0 Å². The van der Waals surface area contributed by atoms with E-state index in [2.05, 4.69) is 20.8 Å². The first kappa shape index (κ1) is 27.8. The highest BCUT2D eigenvalue weighted by Gasteiger charge is 2.42. The van der Waals surface area contributed by atoms with Crippen molar-refractivity contribution in [3.8, 4) is 0 Å². The summed E-state index contributed by atoms with van der Waals surface area (Å²) in [5, 5.41) is 11.8. The largest absolute Gasteiger partial charge is 0.448 e. The van der Waals surface area contributed by atoms with E-state index in [0.29, 0.717) is 22.3 Å². The second kappa shape index (κ2) is 12.0. The van der Waals surface area contributed by atoms with Crippen LogP contribution >= 0.6 is 15.9 Å². The fourth-order valence-corrected chi connectivity index (χ4v) is 4.78. The Hall–Kier alpha value is -2.78. The summed E-state index contributed by atoms with van der Waals surface area (Å²) in [6.45, 7) is 7.25. The molecule has 0 aliphatic rings. The van der Waals surface area contributed by atoms with E-state index in [1.54, 1.807) is 25.1 Å². The van der Waals surface area contributed by atoms with E-state index in [1.165, 1.54) is 7.11 Å². The highest BCUT2D eigenvalue weighted by molar-refractivity contribution is 9.10. The molecule has 0 spiro atoms. The molecule has 3 N–H and O–H groups in total. The van der Waals surface area contributed by atoms with Crippen molar-refractivity contribution in [1.82, 2.24) is 4.90 Å². The van der Waals surface area contributed by atoms with Crippen LogP contribution < -0.4 is 5.73 Å². The highest BCUT2D eigenvalue weighted by Crippen LogP contribution is 2.34. The first-order valence-corrected chi connectivity index (χ1v) is 12.7. The van der Waals surface area contributed by atoms with Crippen LogP contribution in [0.15, 0.2) is 59.1 Å². The molecule has 8 heteroatoms. The summed E-state index contributed by atoms with van der Waals surface area (Å²) in [4.78, 5) is 28.9. The van der Waals surface area contributed by atoms with Gasteiger partial charge in [-0.2, -0.15) is 0 Å². The third-order valence-electron chi connectivity index (χ3n) is 6.63. The number of nitrogens with zero attached hydrogens (tertiary/aromatic N) is 1. The molecular weight excluding hydrogens is 524 g/mol. The summed E-state index contributed by atoms with van der Waals surface area (Å²) in [5.74, 6) is -1.30. The zero-order valence-corrected chi connectivity index (χ0v) is 22.7. The number of carbonyl (C=O) groups excluding carboxylic acids is 2. The minimum atomic E-state index is -1.45. The van der Waals surface area contributed by atoms with Crippen molar-refractivity contribution >= 4 is 44.1 Å². The van der Waals surface area contributed by atoms with E-state index in [-0.39, 0.29) is 5.56 Å². The summed E-state index contributed by atoms with van der Waals surface area (Å²) in [7, 11) is 1.42. The lowest BCUT2D eigenvalue weighted by atomic mass is 9.85. The van der Waals surface area contributed by atoms with E-state index in [0.717, 1.165) is 29.4 Å². The van der Waals surface area contributed by atoms with Gasteiger partial charge in [-0.25, -0.2) is 4.79 Å². The molecule has 3 aromatic rings. The lowest BCUT2D eigenvalue weighted by Gasteiger charge is -2.31. The van der Waals surface area contributed by atoms with Crippen LogP contribution in [0.25, 0.3) is 10.8 Å². The molecule has 2 unspecified atom stereocenters. The van der Waals surface area contributed by atoms with E-state index < -0.39 is 30.1 Å². The summed E-state index contributed by atoms with van der Waals surface area (Å²) in [6, 6.07) is 16.4. The number of aliphatic hydroxyl groups is 1. The number of Topliss-reactive ketones (excluding diaryl/α,β-unsaturated/α-hetero) is 1. The molecule has 3 rings (SSSR count). The van der Waals surface area contributed by atoms with Crippen molar-refractivity contribution in [2.75, 3.05) is 32.5 Å². The lowest BCUT2D eigenvalue weighted by molar-refractivity contribution is -0.151. The smallest absolute Gasteiger partial charge is 0.338 e. The van der Waals surface area contributed by atoms with Crippen LogP contribution in [-0.4, -0.2) is 54.7 Å². The van der Waals surface area contributed by atoms with Gasteiger partial charge in [-0.1, -0.05) is 56.3 Å². The quantitative estimate of drug-likeness (QED) is 0.261. The van der Waals surface area contributed by atoms with Gasteiger partial charge in [0.05, 0.1) is 17.9 Å². The van der Waals surface area contributed by atoms with Gasteiger partial charge in [-0.05, 0) is 70.0 Å². The molecule has 0 aliphatic heterocycles. The molecule has 2 atom stereocenters. The van der Waals surface area contributed by atoms with Crippen LogP contribution in [0.2, 0.25) is 0 Å². The van der Waals surface area contributed by atoms with Crippen LogP contribution in [0.3, 0.4) is 0 Å². The second-order valence-corrected chi connectivity index (χ2v) is 9.55. The summed E-state index contributed by atoms with van der Waals surface area (Å²) in [6.07, 6.45) is -1.43. The minimum absolute atomic E-state index is 0.230. The van der Waals surface area contributed by atoms with Crippen molar-refractivity contribution in [2.45, 2.75) is 39.0 Å². The molecule has 36 heavy (non-hydrogen) atoms. The molecule has 192 valence electrons. The number of hydrogen-bond donors (Lipinski definition) is 2. The number of nitrogens with two attached hydrogens (primary N) is 1. The number of ether oxygens (including phenoxy) is 2. The van der Waals surface area contributed by atoms with E-state index in [4.69, 9.17) is 15.2 Å². The van der Waals surface area contributed by atoms with Crippen LogP contribution in [-0.2, 0) is 26.4 Å². The molecule has 0 heterocycles. The fourth-order valence-electron chi connectivity index (χ4n) is 4.27. The minimum Gasteiger partial charge on any atom is -0.448 e. The van der Waals surface area contributed by atoms with E-state index in [1.807, 2.05) is 50.2 Å². The predicted octanol–water partition coefficient (Wildman–Crippen LogP) is 4.67. The number of carbonyl (C=O) groups is 2. The summed E-state index contributed by atoms with van der Waals surface area (Å²) < 4.78 is 11.8. The van der Waals surface area contributed by atoms with Gasteiger partial charge in [0.25, 0.3) is 0 Å². The monoisotopic (exact) mass is 556 g/mol. The number of nitrogen functional groups attached to an aromatic ring is 1. The van der Waals surface area contributed by atoms with Crippen molar-refractivity contribution < 1.29 is 24.2 Å². The molecule has 0 saturated heterocycles. The first-order valence-electron chi connectivity index (χ1n) is 11.9. The maximum absolute atomic E-state index is 13.7. The Labute approximate surface area is 220 Å². The van der Waals surface area contributed by atoms with Gasteiger partial charge in [0.1, 0.15) is 0 Å². The van der Waals surface area contributed by atoms with Crippen LogP contribution in [0.1, 0.15) is 42.3 Å². The lowest BCUT2D eigenvalue weighted by Crippen LogP contribution is -2.45. The normalized spacial score (nSPS) is 14.0. The third-order valence-corrected chi connectivity index (χ3v) is 7.28. The standard InChI is InChI=1S/C28H33BrN2O5/c1-5-31(6-2)16-20-14-19(15-23(29)25(20)30)27(34)36-24(17-32)26(33)28(3,35-4)22-13-9-11-18-10-7-8-12-21(18)22/h7-15,24,32H,5-6,16-17,30H2,1-4H3. The Morgan fingerprint density at radius 3 is 2.42 bits per heavy atom. The van der Waals surface area contributed by atoms with Crippen molar-refractivity contribution in [1.29, 1.82) is 0 Å². The predicted molar refractivity (Wildman–Crippen MR) is 145 cm³/mol. The number of halogens is 1. The number of ketones is 1. The fraction of sp³-hybridized carbons (Fsp3) is 0.357. The Kier molecular flexibility index (Phi) is 9.24. The van der Waals surface area contributed by atoms with Crippen LogP contribution in [0, 0.1) is 0 Å². The third kappa shape index (κ3) is 5.62. The van der Waals surface area contributed by atoms with Gasteiger partial charge in [-0.3, -0.25) is 9.69 Å². The Morgan fingerprint density at radius 1 is 1.11 bits per heavy atom. The maximum atomic E-state index is 13.7. The molecule has 0 aromatic heterocycles. The van der Waals surface area contributed by atoms with Crippen LogP contribution in [0.4, 0.5) is 5.69 Å². The van der Waals surface area contributed by atoms with Crippen molar-refractivity contribution in [3.05, 3.63) is 75.8 Å². The molecule has 0 saturated carbocycles. The average molecular weight is 557 g/mol. The molecular formula is C28H33BrN2O5. The number of fused-ring (bicyclic) bond motifs is 1. The van der Waals surface area contributed by atoms with Crippen LogP contribution in [0.5, 0.6) is 0 Å². The zero-order valence-electron chi connectivity index (χ0n) is 21.1. The Balaban J connectivity index is 1.91. The average Bonchev–Trinajstić information content (AvgIpc) is 2.91. The van der Waals surface area contributed by atoms with Crippen molar-refractivity contribution in [3.63, 3.8) is 0 Å². The summed E-state index contributed by atoms with van der Waals surface area (Å²) >= 11 is 3.42. The van der Waals surface area contributed by atoms with Gasteiger partial charge in [0.2, 0.25) is 5.78 Å². The number of esters is 1. The number of hydrogen-bond acceptors (Lipinski definition) is 7. The Morgan fingerprint density at radius 2 is 1.78 bits per heavy atom. The molecule has 7 nitrogen and oxygen atoms in total. The molecule has 3 aromatic carbocycles. The number of rotatable bonds is 11. The highest BCUT2D eigenvalue weighted by atomic mass is 79.9. The van der Waals surface area contributed by atoms with E-state index in [9.17, 15) is 14.7 Å². The number of benzene rings is 3. The maximum Gasteiger partial charge on any atom is 0.338 e.